The Morgan fingerprint density at radius 2 is 1.68 bits per heavy atom. The summed E-state index contributed by atoms with van der Waals surface area (Å²) in [7, 11) is -2.72. The van der Waals surface area contributed by atoms with Gasteiger partial charge in [-0.3, -0.25) is 4.79 Å². The van der Waals surface area contributed by atoms with Crippen LogP contribution in [0.3, 0.4) is 0 Å². The third kappa shape index (κ3) is 3.28. The lowest BCUT2D eigenvalue weighted by atomic mass is 10.1. The number of aliphatic carboxylic acids is 1. The van der Waals surface area contributed by atoms with Crippen molar-refractivity contribution in [3.63, 3.8) is 0 Å². The summed E-state index contributed by atoms with van der Waals surface area (Å²) in [5.74, 6) is -1.24. The van der Waals surface area contributed by atoms with E-state index in [2.05, 4.69) is 0 Å². The minimum atomic E-state index is -4.07. The summed E-state index contributed by atoms with van der Waals surface area (Å²) in [6.07, 6.45) is -0.101. The molecule has 1 atom stereocenters. The van der Waals surface area contributed by atoms with Gasteiger partial charge in [-0.2, -0.15) is 0 Å². The maximum Gasteiger partial charge on any atom is 0.322 e. The molecule has 0 amide bonds. The topological polar surface area (TPSA) is 80.7 Å². The zero-order valence-electron chi connectivity index (χ0n) is 12.0. The number of carboxylic acid groups (broad SMARTS) is 1. The van der Waals surface area contributed by atoms with E-state index in [0.717, 1.165) is 0 Å². The molecule has 22 heavy (non-hydrogen) atoms. The lowest BCUT2D eigenvalue weighted by molar-refractivity contribution is -0.136. The molecule has 0 saturated heterocycles. The van der Waals surface area contributed by atoms with E-state index in [1.54, 1.807) is 36.4 Å². The fourth-order valence-corrected chi connectivity index (χ4v) is 3.85. The van der Waals surface area contributed by atoms with Crippen molar-refractivity contribution in [1.29, 1.82) is 0 Å². The van der Waals surface area contributed by atoms with Crippen LogP contribution in [0.5, 0.6) is 5.75 Å². The molecule has 0 heterocycles. The molecule has 0 spiro atoms. The number of methoxy groups -OCH3 is 1. The van der Waals surface area contributed by atoms with Crippen LogP contribution in [0.15, 0.2) is 59.5 Å². The molecule has 2 aromatic rings. The van der Waals surface area contributed by atoms with Crippen LogP contribution in [0.4, 0.5) is 0 Å². The molecular formula is C16H16O5S. The highest BCUT2D eigenvalue weighted by Gasteiger charge is 2.35. The van der Waals surface area contributed by atoms with Crippen molar-refractivity contribution >= 4 is 15.8 Å². The first kappa shape index (κ1) is 16.0. The third-order valence-corrected chi connectivity index (χ3v) is 5.36. The largest absolute Gasteiger partial charge is 0.495 e. The Kier molecular flexibility index (Phi) is 4.82. The van der Waals surface area contributed by atoms with E-state index in [9.17, 15) is 18.3 Å². The number of ether oxygens (including phenoxy) is 1. The molecule has 116 valence electrons. The molecule has 0 aromatic heterocycles. The number of sulfone groups is 1. The quantitative estimate of drug-likeness (QED) is 0.882. The van der Waals surface area contributed by atoms with E-state index in [1.165, 1.54) is 25.3 Å². The SMILES string of the molecule is COc1ccccc1S(=O)(=O)C(Cc1ccccc1)C(=O)O. The van der Waals surface area contributed by atoms with E-state index in [-0.39, 0.29) is 17.1 Å². The standard InChI is InChI=1S/C16H16O5S/c1-21-13-9-5-6-10-14(13)22(19,20)15(16(17)18)11-12-7-3-2-4-8-12/h2-10,15H,11H2,1H3,(H,17,18). The summed E-state index contributed by atoms with van der Waals surface area (Å²) in [5.41, 5.74) is 0.647. The summed E-state index contributed by atoms with van der Waals surface area (Å²) < 4.78 is 30.4. The van der Waals surface area contributed by atoms with Gasteiger partial charge in [0.05, 0.1) is 7.11 Å². The predicted octanol–water partition coefficient (Wildman–Crippen LogP) is 2.16. The molecule has 0 aliphatic heterocycles. The number of rotatable bonds is 6. The van der Waals surface area contributed by atoms with Gasteiger partial charge in [-0.25, -0.2) is 8.42 Å². The summed E-state index contributed by atoms with van der Waals surface area (Å²) in [6.45, 7) is 0. The van der Waals surface area contributed by atoms with Crippen LogP contribution in [0.1, 0.15) is 5.56 Å². The number of para-hydroxylation sites is 1. The van der Waals surface area contributed by atoms with Crippen LogP contribution in [0.2, 0.25) is 0 Å². The second-order valence-corrected chi connectivity index (χ2v) is 6.81. The van der Waals surface area contributed by atoms with Crippen LogP contribution in [-0.4, -0.2) is 31.9 Å². The fraction of sp³-hybridized carbons (Fsp3) is 0.188. The Hall–Kier alpha value is -2.34. The van der Waals surface area contributed by atoms with Crippen LogP contribution in [0, 0.1) is 0 Å². The third-order valence-electron chi connectivity index (χ3n) is 3.29. The summed E-state index contributed by atoms with van der Waals surface area (Å²) >= 11 is 0. The molecule has 0 fully saturated rings. The van der Waals surface area contributed by atoms with Gasteiger partial charge >= 0.3 is 5.97 Å². The Balaban J connectivity index is 2.45. The predicted molar refractivity (Wildman–Crippen MR) is 81.7 cm³/mol. The van der Waals surface area contributed by atoms with Gasteiger partial charge < -0.3 is 9.84 Å². The maximum atomic E-state index is 12.7. The highest BCUT2D eigenvalue weighted by molar-refractivity contribution is 7.92. The average molecular weight is 320 g/mol. The second-order valence-electron chi connectivity index (χ2n) is 4.71. The van der Waals surface area contributed by atoms with Crippen LogP contribution in [0.25, 0.3) is 0 Å². The van der Waals surface area contributed by atoms with E-state index in [4.69, 9.17) is 4.74 Å². The summed E-state index contributed by atoms with van der Waals surface area (Å²) in [4.78, 5) is 11.4. The Morgan fingerprint density at radius 1 is 1.09 bits per heavy atom. The molecule has 2 rings (SSSR count). The monoisotopic (exact) mass is 320 g/mol. The summed E-state index contributed by atoms with van der Waals surface area (Å²) in [6, 6.07) is 14.7. The minimum Gasteiger partial charge on any atom is -0.495 e. The molecular weight excluding hydrogens is 304 g/mol. The van der Waals surface area contributed by atoms with Gasteiger partial charge in [0.15, 0.2) is 15.1 Å². The van der Waals surface area contributed by atoms with Crippen molar-refractivity contribution in [2.24, 2.45) is 0 Å². The molecule has 2 aromatic carbocycles. The molecule has 0 aliphatic carbocycles. The van der Waals surface area contributed by atoms with Crippen molar-refractivity contribution in [3.8, 4) is 5.75 Å². The number of hydrogen-bond acceptors (Lipinski definition) is 4. The molecule has 1 unspecified atom stereocenters. The highest BCUT2D eigenvalue weighted by Crippen LogP contribution is 2.28. The van der Waals surface area contributed by atoms with E-state index in [0.29, 0.717) is 5.56 Å². The minimum absolute atomic E-state index is 0.101. The second kappa shape index (κ2) is 6.62. The number of benzene rings is 2. The van der Waals surface area contributed by atoms with Crippen molar-refractivity contribution in [2.75, 3.05) is 7.11 Å². The first-order valence-electron chi connectivity index (χ1n) is 6.60. The number of hydrogen-bond donors (Lipinski definition) is 1. The van der Waals surface area contributed by atoms with Crippen LogP contribution in [-0.2, 0) is 21.1 Å². The van der Waals surface area contributed by atoms with Crippen LogP contribution < -0.4 is 4.74 Å². The summed E-state index contributed by atoms with van der Waals surface area (Å²) in [5, 5.41) is 7.81. The van der Waals surface area contributed by atoms with Gasteiger partial charge in [0.2, 0.25) is 0 Å². The van der Waals surface area contributed by atoms with Gasteiger partial charge in [0.25, 0.3) is 0 Å². The van der Waals surface area contributed by atoms with E-state index >= 15 is 0 Å². The zero-order chi connectivity index (χ0) is 16.2. The van der Waals surface area contributed by atoms with Gasteiger partial charge in [-0.15, -0.1) is 0 Å². The molecule has 5 nitrogen and oxygen atoms in total. The zero-order valence-corrected chi connectivity index (χ0v) is 12.8. The van der Waals surface area contributed by atoms with Gasteiger partial charge in [-0.05, 0) is 17.7 Å². The average Bonchev–Trinajstić information content (AvgIpc) is 2.53. The van der Waals surface area contributed by atoms with Gasteiger partial charge in [-0.1, -0.05) is 42.5 Å². The lowest BCUT2D eigenvalue weighted by Crippen LogP contribution is -2.32. The van der Waals surface area contributed by atoms with Crippen molar-refractivity contribution in [1.82, 2.24) is 0 Å². The lowest BCUT2D eigenvalue weighted by Gasteiger charge is -2.16. The van der Waals surface area contributed by atoms with Crippen molar-refractivity contribution in [2.45, 2.75) is 16.6 Å². The number of carbonyl (C=O) groups is 1. The molecule has 0 saturated carbocycles. The Morgan fingerprint density at radius 3 is 2.27 bits per heavy atom. The molecule has 0 radical (unpaired) electrons. The molecule has 0 aliphatic rings. The first-order chi connectivity index (χ1) is 10.5. The highest BCUT2D eigenvalue weighted by atomic mass is 32.2. The molecule has 1 N–H and O–H groups in total. The van der Waals surface area contributed by atoms with Crippen LogP contribution >= 0.6 is 0 Å². The Bertz CT molecular complexity index is 753. The van der Waals surface area contributed by atoms with Crippen molar-refractivity contribution < 1.29 is 23.1 Å². The van der Waals surface area contributed by atoms with Crippen molar-refractivity contribution in [3.05, 3.63) is 60.2 Å². The maximum absolute atomic E-state index is 12.7. The van der Waals surface area contributed by atoms with E-state index < -0.39 is 21.1 Å². The molecule has 0 bridgehead atoms. The Labute approximate surface area is 129 Å². The number of carboxylic acids is 1. The fourth-order valence-electron chi connectivity index (χ4n) is 2.17. The molecule has 6 heteroatoms. The first-order valence-corrected chi connectivity index (χ1v) is 8.15. The smallest absolute Gasteiger partial charge is 0.322 e. The van der Waals surface area contributed by atoms with E-state index in [1.807, 2.05) is 0 Å². The van der Waals surface area contributed by atoms with Gasteiger partial charge in [0, 0.05) is 6.42 Å². The normalized spacial score (nSPS) is 12.6. The van der Waals surface area contributed by atoms with Gasteiger partial charge in [0.1, 0.15) is 10.6 Å².